The van der Waals surface area contributed by atoms with Crippen LogP contribution in [0.15, 0.2) is 24.5 Å². The lowest BCUT2D eigenvalue weighted by atomic mass is 9.64. The summed E-state index contributed by atoms with van der Waals surface area (Å²) >= 11 is 0. The number of carboxylic acid groups (broad SMARTS) is 1. The summed E-state index contributed by atoms with van der Waals surface area (Å²) in [5, 5.41) is 23.5. The van der Waals surface area contributed by atoms with Crippen LogP contribution >= 0.6 is 0 Å². The van der Waals surface area contributed by atoms with Gasteiger partial charge in [-0.1, -0.05) is 12.1 Å². The highest BCUT2D eigenvalue weighted by atomic mass is 16.5. The van der Waals surface area contributed by atoms with E-state index in [1.165, 1.54) is 12.4 Å². The van der Waals surface area contributed by atoms with E-state index in [0.717, 1.165) is 0 Å². The van der Waals surface area contributed by atoms with E-state index in [4.69, 9.17) is 10.4 Å². The van der Waals surface area contributed by atoms with Crippen molar-refractivity contribution in [2.24, 2.45) is 5.73 Å². The number of nitrogens with zero attached hydrogens (tertiary/aromatic N) is 3. The number of ketones is 1. The predicted molar refractivity (Wildman–Crippen MR) is 91.9 cm³/mol. The molecule has 0 fully saturated rings. The van der Waals surface area contributed by atoms with Gasteiger partial charge >= 0.3 is 13.1 Å². The molecule has 2 aromatic rings. The van der Waals surface area contributed by atoms with Crippen molar-refractivity contribution in [2.75, 3.05) is 6.54 Å². The number of nitrogens with two attached hydrogens (primary N) is 1. The van der Waals surface area contributed by atoms with Crippen molar-refractivity contribution >= 4 is 18.9 Å². The summed E-state index contributed by atoms with van der Waals surface area (Å²) in [6.07, 6.45) is 1.91. The second kappa shape index (κ2) is 7.67. The molecule has 0 unspecified atom stereocenters. The number of Topliss-reactive ketones (excluding diaryl/α,β-unsaturated/α-hetero) is 1. The van der Waals surface area contributed by atoms with Gasteiger partial charge in [-0.25, -0.2) is 14.5 Å². The third-order valence-electron chi connectivity index (χ3n) is 4.33. The number of benzene rings is 1. The SMILES string of the molecule is NCCn1ncnc1CC(=O)C[C@H]1Cc2cccc(C(=O)O)c2OB1O. The molecule has 0 saturated heterocycles. The van der Waals surface area contributed by atoms with Crippen molar-refractivity contribution in [3.63, 3.8) is 0 Å². The summed E-state index contributed by atoms with van der Waals surface area (Å²) in [4.78, 5) is 27.7. The first kappa shape index (κ1) is 18.1. The van der Waals surface area contributed by atoms with Crippen molar-refractivity contribution in [2.45, 2.75) is 31.6 Å². The van der Waals surface area contributed by atoms with E-state index >= 15 is 0 Å². The van der Waals surface area contributed by atoms with Crippen LogP contribution in [-0.2, 0) is 24.2 Å². The standard InChI is InChI=1S/C16H19BN4O5/c18-4-5-21-14(19-9-20-21)8-12(22)7-11-6-10-2-1-3-13(16(23)24)15(10)26-17(11)25/h1-3,9,11,25H,4-8,18H2,(H,23,24)/t11-/m1/s1. The molecule has 0 aliphatic carbocycles. The Bertz CT molecular complexity index is 825. The van der Waals surface area contributed by atoms with Crippen molar-refractivity contribution in [1.29, 1.82) is 0 Å². The number of hydrogen-bond donors (Lipinski definition) is 3. The summed E-state index contributed by atoms with van der Waals surface area (Å²) in [6.45, 7) is 0.867. The average molecular weight is 358 g/mol. The molecular formula is C16H19BN4O5. The van der Waals surface area contributed by atoms with Crippen LogP contribution in [0.2, 0.25) is 5.82 Å². The van der Waals surface area contributed by atoms with Crippen molar-refractivity contribution in [3.8, 4) is 5.75 Å². The molecule has 1 aromatic carbocycles. The van der Waals surface area contributed by atoms with E-state index < -0.39 is 18.9 Å². The minimum Gasteiger partial charge on any atom is -0.535 e. The molecule has 0 saturated carbocycles. The maximum Gasteiger partial charge on any atom is 0.526 e. The minimum atomic E-state index is -1.24. The average Bonchev–Trinajstić information content (AvgIpc) is 3.02. The fraction of sp³-hybridized carbons (Fsp3) is 0.375. The summed E-state index contributed by atoms with van der Waals surface area (Å²) in [5.74, 6) is -0.992. The number of rotatable bonds is 7. The van der Waals surface area contributed by atoms with E-state index in [0.29, 0.717) is 30.9 Å². The topological polar surface area (TPSA) is 141 Å². The molecule has 1 aliphatic rings. The second-order valence-corrected chi connectivity index (χ2v) is 6.18. The maximum atomic E-state index is 12.4. The highest BCUT2D eigenvalue weighted by Crippen LogP contribution is 2.36. The van der Waals surface area contributed by atoms with Crippen molar-refractivity contribution in [1.82, 2.24) is 14.8 Å². The van der Waals surface area contributed by atoms with Crippen LogP contribution in [-0.4, -0.2) is 50.3 Å². The van der Waals surface area contributed by atoms with Crippen molar-refractivity contribution < 1.29 is 24.4 Å². The van der Waals surface area contributed by atoms with E-state index in [-0.39, 0.29) is 29.9 Å². The first-order valence-electron chi connectivity index (χ1n) is 8.28. The van der Waals surface area contributed by atoms with E-state index in [1.807, 2.05) is 0 Å². The Balaban J connectivity index is 1.69. The zero-order valence-corrected chi connectivity index (χ0v) is 14.0. The molecule has 1 atom stereocenters. The highest BCUT2D eigenvalue weighted by molar-refractivity contribution is 6.47. The van der Waals surface area contributed by atoms with Gasteiger partial charge in [-0.3, -0.25) is 4.79 Å². The number of carbonyl (C=O) groups is 2. The zero-order valence-electron chi connectivity index (χ0n) is 14.0. The minimum absolute atomic E-state index is 0.00112. The molecule has 0 bridgehead atoms. The van der Waals surface area contributed by atoms with Crippen LogP contribution in [0.1, 0.15) is 28.2 Å². The molecule has 0 amide bonds. The Morgan fingerprint density at radius 2 is 2.23 bits per heavy atom. The molecule has 1 aliphatic heterocycles. The Morgan fingerprint density at radius 1 is 1.42 bits per heavy atom. The number of hydrogen-bond acceptors (Lipinski definition) is 7. The summed E-state index contributed by atoms with van der Waals surface area (Å²) < 4.78 is 6.99. The quantitative estimate of drug-likeness (QED) is 0.584. The largest absolute Gasteiger partial charge is 0.535 e. The van der Waals surface area contributed by atoms with Gasteiger partial charge in [0.2, 0.25) is 0 Å². The predicted octanol–water partition coefficient (Wildman–Crippen LogP) is -0.0775. The second-order valence-electron chi connectivity index (χ2n) is 6.18. The Kier molecular flexibility index (Phi) is 5.33. The van der Waals surface area contributed by atoms with Gasteiger partial charge in [0.05, 0.1) is 18.5 Å². The van der Waals surface area contributed by atoms with Gasteiger partial charge in [-0.15, -0.1) is 0 Å². The molecule has 136 valence electrons. The lowest BCUT2D eigenvalue weighted by Gasteiger charge is -2.28. The molecule has 2 heterocycles. The molecule has 1 aromatic heterocycles. The van der Waals surface area contributed by atoms with Crippen LogP contribution in [0.3, 0.4) is 0 Å². The molecule has 3 rings (SSSR count). The van der Waals surface area contributed by atoms with Gasteiger partial charge < -0.3 is 20.5 Å². The highest BCUT2D eigenvalue weighted by Gasteiger charge is 2.37. The van der Waals surface area contributed by atoms with Crippen LogP contribution in [0, 0.1) is 0 Å². The third kappa shape index (κ3) is 3.76. The number of para-hydroxylation sites is 1. The molecule has 4 N–H and O–H groups in total. The normalized spacial score (nSPS) is 16.1. The molecule has 0 spiro atoms. The number of aromatic nitrogens is 3. The van der Waals surface area contributed by atoms with Crippen LogP contribution in [0.25, 0.3) is 0 Å². The number of carbonyl (C=O) groups excluding carboxylic acids is 1. The number of carboxylic acids is 1. The van der Waals surface area contributed by atoms with E-state index in [1.54, 1.807) is 16.8 Å². The first-order valence-corrected chi connectivity index (χ1v) is 8.28. The summed E-state index contributed by atoms with van der Waals surface area (Å²) in [5.41, 5.74) is 6.17. The fourth-order valence-corrected chi connectivity index (χ4v) is 3.10. The van der Waals surface area contributed by atoms with Crippen molar-refractivity contribution in [3.05, 3.63) is 41.5 Å². The van der Waals surface area contributed by atoms with E-state index in [9.17, 15) is 19.7 Å². The zero-order chi connectivity index (χ0) is 18.7. The van der Waals surface area contributed by atoms with Gasteiger partial charge in [-0.05, 0) is 18.1 Å². The van der Waals surface area contributed by atoms with Gasteiger partial charge in [0.1, 0.15) is 23.7 Å². The fourth-order valence-electron chi connectivity index (χ4n) is 3.10. The molecule has 9 nitrogen and oxygen atoms in total. The van der Waals surface area contributed by atoms with Gasteiger partial charge in [0.15, 0.2) is 0 Å². The number of aromatic carboxylic acids is 1. The third-order valence-corrected chi connectivity index (χ3v) is 4.33. The smallest absolute Gasteiger partial charge is 0.526 e. The summed E-state index contributed by atoms with van der Waals surface area (Å²) in [7, 11) is -1.24. The van der Waals surface area contributed by atoms with Crippen LogP contribution in [0.4, 0.5) is 0 Å². The maximum absolute atomic E-state index is 12.4. The lowest BCUT2D eigenvalue weighted by Crippen LogP contribution is -2.36. The monoisotopic (exact) mass is 358 g/mol. The molecule has 26 heavy (non-hydrogen) atoms. The van der Waals surface area contributed by atoms with Crippen LogP contribution < -0.4 is 10.4 Å². The van der Waals surface area contributed by atoms with Gasteiger partial charge in [0, 0.05) is 18.8 Å². The molecule has 10 heteroatoms. The van der Waals surface area contributed by atoms with Gasteiger partial charge in [-0.2, -0.15) is 5.10 Å². The van der Waals surface area contributed by atoms with E-state index in [2.05, 4.69) is 10.1 Å². The lowest BCUT2D eigenvalue weighted by molar-refractivity contribution is -0.118. The van der Waals surface area contributed by atoms with Crippen LogP contribution in [0.5, 0.6) is 5.75 Å². The Hall–Kier alpha value is -2.72. The first-order chi connectivity index (χ1) is 12.5. The van der Waals surface area contributed by atoms with Gasteiger partial charge in [0.25, 0.3) is 0 Å². The summed E-state index contributed by atoms with van der Waals surface area (Å²) in [6, 6.07) is 4.78. The number of fused-ring (bicyclic) bond motifs is 1. The Labute approximate surface area is 149 Å². The molecular weight excluding hydrogens is 339 g/mol. The molecule has 0 radical (unpaired) electrons. The Morgan fingerprint density at radius 3 is 2.96 bits per heavy atom.